The molecule has 104 valence electrons. The normalized spacial score (nSPS) is 15.2. The summed E-state index contributed by atoms with van der Waals surface area (Å²) >= 11 is 3.39. The lowest BCUT2D eigenvalue weighted by Gasteiger charge is -2.27. The van der Waals surface area contributed by atoms with Crippen LogP contribution in [0.2, 0.25) is 0 Å². The highest BCUT2D eigenvalue weighted by Gasteiger charge is 2.21. The van der Waals surface area contributed by atoms with Crippen LogP contribution in [0.25, 0.3) is 0 Å². The van der Waals surface area contributed by atoms with Gasteiger partial charge in [-0.1, -0.05) is 0 Å². The molecule has 0 spiro atoms. The van der Waals surface area contributed by atoms with Gasteiger partial charge in [0.05, 0.1) is 27.4 Å². The molecule has 0 unspecified atom stereocenters. The zero-order chi connectivity index (χ0) is 13.8. The quantitative estimate of drug-likeness (QED) is 0.850. The fourth-order valence-electron chi connectivity index (χ4n) is 1.94. The Morgan fingerprint density at radius 2 is 1.74 bits per heavy atom. The molecule has 1 fully saturated rings. The van der Waals surface area contributed by atoms with Gasteiger partial charge in [-0.3, -0.25) is 4.79 Å². The maximum absolute atomic E-state index is 12.4. The number of ether oxygens (including phenoxy) is 3. The summed E-state index contributed by atoms with van der Waals surface area (Å²) in [7, 11) is 3.12. The molecule has 0 aromatic heterocycles. The standard InChI is InChI=1S/C13H16BrNO4/c1-17-10-7-9(8-11(18-2)12(10)14)13(16)15-3-5-19-6-4-15/h7-8H,3-6H2,1-2H3. The summed E-state index contributed by atoms with van der Waals surface area (Å²) in [6, 6.07) is 3.43. The monoisotopic (exact) mass is 329 g/mol. The number of benzene rings is 1. The summed E-state index contributed by atoms with van der Waals surface area (Å²) < 4.78 is 16.4. The van der Waals surface area contributed by atoms with Crippen molar-refractivity contribution in [1.29, 1.82) is 0 Å². The van der Waals surface area contributed by atoms with Crippen molar-refractivity contribution in [2.24, 2.45) is 0 Å². The SMILES string of the molecule is COc1cc(C(=O)N2CCOCC2)cc(OC)c1Br. The molecular formula is C13H16BrNO4. The van der Waals surface area contributed by atoms with Gasteiger partial charge in [0.25, 0.3) is 5.91 Å². The molecule has 0 saturated carbocycles. The predicted octanol–water partition coefficient (Wildman–Crippen LogP) is 1.94. The van der Waals surface area contributed by atoms with E-state index in [4.69, 9.17) is 14.2 Å². The minimum Gasteiger partial charge on any atom is -0.495 e. The number of carbonyl (C=O) groups is 1. The number of hydrogen-bond donors (Lipinski definition) is 0. The van der Waals surface area contributed by atoms with Gasteiger partial charge in [-0.15, -0.1) is 0 Å². The van der Waals surface area contributed by atoms with Gasteiger partial charge in [-0.25, -0.2) is 0 Å². The molecule has 1 saturated heterocycles. The molecule has 1 amide bonds. The fourth-order valence-corrected chi connectivity index (χ4v) is 2.49. The second kappa shape index (κ2) is 6.25. The van der Waals surface area contributed by atoms with Crippen molar-refractivity contribution in [3.05, 3.63) is 22.2 Å². The largest absolute Gasteiger partial charge is 0.495 e. The molecular weight excluding hydrogens is 314 g/mol. The zero-order valence-electron chi connectivity index (χ0n) is 10.9. The van der Waals surface area contributed by atoms with Gasteiger partial charge in [-0.05, 0) is 28.1 Å². The Morgan fingerprint density at radius 3 is 2.21 bits per heavy atom. The number of rotatable bonds is 3. The van der Waals surface area contributed by atoms with Crippen molar-refractivity contribution in [3.8, 4) is 11.5 Å². The van der Waals surface area contributed by atoms with E-state index in [0.29, 0.717) is 47.8 Å². The third-order valence-corrected chi connectivity index (χ3v) is 3.77. The van der Waals surface area contributed by atoms with Crippen LogP contribution in [0.15, 0.2) is 16.6 Å². The van der Waals surface area contributed by atoms with Crippen LogP contribution >= 0.6 is 15.9 Å². The van der Waals surface area contributed by atoms with E-state index in [1.165, 1.54) is 0 Å². The van der Waals surface area contributed by atoms with Crippen molar-refractivity contribution in [3.63, 3.8) is 0 Å². The number of morpholine rings is 1. The summed E-state index contributed by atoms with van der Waals surface area (Å²) in [5.74, 6) is 1.12. The van der Waals surface area contributed by atoms with Gasteiger partial charge in [0.15, 0.2) is 0 Å². The first-order chi connectivity index (χ1) is 9.17. The summed E-state index contributed by atoms with van der Waals surface area (Å²) in [5, 5.41) is 0. The molecule has 0 atom stereocenters. The molecule has 1 aliphatic heterocycles. The summed E-state index contributed by atoms with van der Waals surface area (Å²) in [6.45, 7) is 2.38. The molecule has 1 aliphatic rings. The maximum Gasteiger partial charge on any atom is 0.254 e. The Hall–Kier alpha value is -1.27. The second-order valence-corrected chi connectivity index (χ2v) is 4.89. The van der Waals surface area contributed by atoms with Crippen LogP contribution < -0.4 is 9.47 Å². The third-order valence-electron chi connectivity index (χ3n) is 2.99. The molecule has 5 nitrogen and oxygen atoms in total. The Bertz CT molecular complexity index is 447. The minimum atomic E-state index is -0.0348. The molecule has 0 N–H and O–H groups in total. The highest BCUT2D eigenvalue weighted by molar-refractivity contribution is 9.10. The summed E-state index contributed by atoms with van der Waals surface area (Å²) in [4.78, 5) is 14.2. The first kappa shape index (κ1) is 14.1. The van der Waals surface area contributed by atoms with Crippen LogP contribution in [0.4, 0.5) is 0 Å². The van der Waals surface area contributed by atoms with E-state index < -0.39 is 0 Å². The number of nitrogens with zero attached hydrogens (tertiary/aromatic N) is 1. The molecule has 2 rings (SSSR count). The van der Waals surface area contributed by atoms with Crippen molar-refractivity contribution in [2.45, 2.75) is 0 Å². The van der Waals surface area contributed by atoms with Gasteiger partial charge in [0, 0.05) is 18.7 Å². The molecule has 1 aromatic carbocycles. The van der Waals surface area contributed by atoms with Crippen molar-refractivity contribution < 1.29 is 19.0 Å². The van der Waals surface area contributed by atoms with Gasteiger partial charge in [0.2, 0.25) is 0 Å². The Morgan fingerprint density at radius 1 is 1.21 bits per heavy atom. The number of carbonyl (C=O) groups excluding carboxylic acids is 1. The lowest BCUT2D eigenvalue weighted by Crippen LogP contribution is -2.40. The van der Waals surface area contributed by atoms with Gasteiger partial charge >= 0.3 is 0 Å². The van der Waals surface area contributed by atoms with E-state index >= 15 is 0 Å². The van der Waals surface area contributed by atoms with Crippen molar-refractivity contribution in [1.82, 2.24) is 4.90 Å². The van der Waals surface area contributed by atoms with Crippen molar-refractivity contribution >= 4 is 21.8 Å². The van der Waals surface area contributed by atoms with Gasteiger partial charge < -0.3 is 19.1 Å². The molecule has 19 heavy (non-hydrogen) atoms. The Kier molecular flexibility index (Phi) is 4.66. The number of halogens is 1. The second-order valence-electron chi connectivity index (χ2n) is 4.10. The average Bonchev–Trinajstić information content (AvgIpc) is 2.47. The van der Waals surface area contributed by atoms with Gasteiger partial charge in [-0.2, -0.15) is 0 Å². The molecule has 0 bridgehead atoms. The van der Waals surface area contributed by atoms with E-state index in [1.54, 1.807) is 31.3 Å². The van der Waals surface area contributed by atoms with E-state index in [1.807, 2.05) is 0 Å². The minimum absolute atomic E-state index is 0.0348. The van der Waals surface area contributed by atoms with Crippen LogP contribution in [0.5, 0.6) is 11.5 Å². The third kappa shape index (κ3) is 3.01. The molecule has 1 heterocycles. The van der Waals surface area contributed by atoms with E-state index in [-0.39, 0.29) is 5.91 Å². The van der Waals surface area contributed by atoms with Crippen LogP contribution in [0, 0.1) is 0 Å². The lowest BCUT2D eigenvalue weighted by atomic mass is 10.1. The first-order valence-electron chi connectivity index (χ1n) is 5.96. The fraction of sp³-hybridized carbons (Fsp3) is 0.462. The van der Waals surface area contributed by atoms with E-state index in [2.05, 4.69) is 15.9 Å². The smallest absolute Gasteiger partial charge is 0.254 e. The Labute approximate surface area is 120 Å². The molecule has 6 heteroatoms. The number of methoxy groups -OCH3 is 2. The van der Waals surface area contributed by atoms with Crippen LogP contribution in [-0.4, -0.2) is 51.3 Å². The van der Waals surface area contributed by atoms with Crippen LogP contribution in [0.3, 0.4) is 0 Å². The highest BCUT2D eigenvalue weighted by atomic mass is 79.9. The van der Waals surface area contributed by atoms with E-state index in [9.17, 15) is 4.79 Å². The highest BCUT2D eigenvalue weighted by Crippen LogP contribution is 2.35. The van der Waals surface area contributed by atoms with Crippen LogP contribution in [0.1, 0.15) is 10.4 Å². The molecule has 0 radical (unpaired) electrons. The number of amides is 1. The average molecular weight is 330 g/mol. The molecule has 0 aliphatic carbocycles. The predicted molar refractivity (Wildman–Crippen MR) is 74.0 cm³/mol. The number of hydrogen-bond acceptors (Lipinski definition) is 4. The van der Waals surface area contributed by atoms with E-state index in [0.717, 1.165) is 0 Å². The van der Waals surface area contributed by atoms with Gasteiger partial charge in [0.1, 0.15) is 16.0 Å². The topological polar surface area (TPSA) is 48.0 Å². The Balaban J connectivity index is 2.30. The summed E-state index contributed by atoms with van der Waals surface area (Å²) in [5.41, 5.74) is 0.554. The summed E-state index contributed by atoms with van der Waals surface area (Å²) in [6.07, 6.45) is 0. The maximum atomic E-state index is 12.4. The zero-order valence-corrected chi connectivity index (χ0v) is 12.5. The van der Waals surface area contributed by atoms with Crippen LogP contribution in [-0.2, 0) is 4.74 Å². The molecule has 1 aromatic rings. The first-order valence-corrected chi connectivity index (χ1v) is 6.75. The lowest BCUT2D eigenvalue weighted by molar-refractivity contribution is 0.0302. The van der Waals surface area contributed by atoms with Crippen molar-refractivity contribution in [2.75, 3.05) is 40.5 Å².